The van der Waals surface area contributed by atoms with Gasteiger partial charge in [0.2, 0.25) is 0 Å². The van der Waals surface area contributed by atoms with Crippen molar-refractivity contribution in [3.05, 3.63) is 11.9 Å². The van der Waals surface area contributed by atoms with Crippen molar-refractivity contribution in [2.75, 3.05) is 6.54 Å². The monoisotopic (exact) mass is 297 g/mol. The maximum Gasteiger partial charge on any atom is 0.358 e. The number of unbranched alkanes of at least 4 members (excludes halogenated alkanes) is 2. The van der Waals surface area contributed by atoms with E-state index >= 15 is 0 Å². The molecule has 0 aliphatic heterocycles. The summed E-state index contributed by atoms with van der Waals surface area (Å²) in [5, 5.41) is 21.4. The lowest BCUT2D eigenvalue weighted by Crippen LogP contribution is -2.41. The van der Waals surface area contributed by atoms with Gasteiger partial charge in [0, 0.05) is 12.6 Å². The minimum Gasteiger partial charge on any atom is -0.476 e. The molecule has 1 rings (SSSR count). The lowest BCUT2D eigenvalue weighted by Gasteiger charge is -2.14. The zero-order chi connectivity index (χ0) is 15.7. The van der Waals surface area contributed by atoms with Gasteiger partial charge in [-0.05, 0) is 13.3 Å². The van der Waals surface area contributed by atoms with Crippen LogP contribution < -0.4 is 10.6 Å². The quantitative estimate of drug-likeness (QED) is 0.594. The summed E-state index contributed by atoms with van der Waals surface area (Å²) < 4.78 is 1.38. The normalized spacial score (nSPS) is 11.9. The van der Waals surface area contributed by atoms with E-state index in [1.165, 1.54) is 17.3 Å². The highest BCUT2D eigenvalue weighted by Crippen LogP contribution is 2.02. The highest BCUT2D eigenvalue weighted by Gasteiger charge is 2.09. The van der Waals surface area contributed by atoms with Gasteiger partial charge >= 0.3 is 12.0 Å². The van der Waals surface area contributed by atoms with E-state index in [1.807, 2.05) is 6.92 Å². The van der Waals surface area contributed by atoms with Crippen molar-refractivity contribution in [1.29, 1.82) is 0 Å². The molecule has 0 bridgehead atoms. The molecule has 0 spiro atoms. The Morgan fingerprint density at radius 3 is 2.81 bits per heavy atom. The molecular weight excluding hydrogens is 274 g/mol. The number of urea groups is 1. The molecule has 0 saturated heterocycles. The second-order valence-electron chi connectivity index (χ2n) is 4.97. The molecule has 1 aromatic heterocycles. The Morgan fingerprint density at radius 1 is 1.43 bits per heavy atom. The molecule has 1 heterocycles. The van der Waals surface area contributed by atoms with Gasteiger partial charge in [-0.25, -0.2) is 14.3 Å². The van der Waals surface area contributed by atoms with E-state index < -0.39 is 5.97 Å². The molecule has 1 atom stereocenters. The van der Waals surface area contributed by atoms with E-state index in [0.29, 0.717) is 13.1 Å². The first-order valence-corrected chi connectivity index (χ1v) is 7.20. The van der Waals surface area contributed by atoms with Crippen molar-refractivity contribution < 1.29 is 14.7 Å². The Morgan fingerprint density at radius 2 is 2.19 bits per heavy atom. The van der Waals surface area contributed by atoms with Gasteiger partial charge in [-0.1, -0.05) is 31.4 Å². The number of carbonyl (C=O) groups excluding carboxylic acids is 1. The predicted octanol–water partition coefficient (Wildman–Crippen LogP) is 1.24. The number of nitrogens with zero attached hydrogens (tertiary/aromatic N) is 3. The summed E-state index contributed by atoms with van der Waals surface area (Å²) in [6.07, 6.45) is 5.73. The molecule has 0 radical (unpaired) electrons. The first-order valence-electron chi connectivity index (χ1n) is 7.20. The minimum atomic E-state index is -1.12. The van der Waals surface area contributed by atoms with Gasteiger partial charge in [0.1, 0.15) is 0 Å². The molecule has 0 aromatic carbocycles. The number of rotatable bonds is 9. The number of aromatic carboxylic acids is 1. The van der Waals surface area contributed by atoms with Crippen LogP contribution in [0.15, 0.2) is 6.20 Å². The van der Waals surface area contributed by atoms with Crippen molar-refractivity contribution in [3.8, 4) is 0 Å². The molecule has 0 fully saturated rings. The fourth-order valence-corrected chi connectivity index (χ4v) is 1.84. The first kappa shape index (κ1) is 16.9. The van der Waals surface area contributed by atoms with Gasteiger partial charge in [0.15, 0.2) is 5.69 Å². The van der Waals surface area contributed by atoms with Gasteiger partial charge in [0.25, 0.3) is 0 Å². The lowest BCUT2D eigenvalue weighted by atomic mass is 10.1. The number of carboxylic acids is 1. The number of amides is 2. The largest absolute Gasteiger partial charge is 0.476 e. The van der Waals surface area contributed by atoms with Crippen LogP contribution in [0.3, 0.4) is 0 Å². The minimum absolute atomic E-state index is 0.107. The number of nitrogens with one attached hydrogen (secondary N) is 2. The predicted molar refractivity (Wildman–Crippen MR) is 77.1 cm³/mol. The molecule has 2 amide bonds. The van der Waals surface area contributed by atoms with Crippen LogP contribution >= 0.6 is 0 Å². The van der Waals surface area contributed by atoms with E-state index in [9.17, 15) is 9.59 Å². The van der Waals surface area contributed by atoms with Crippen LogP contribution in [0.1, 0.15) is 50.0 Å². The SMILES string of the molecule is CCCCCC(C)NC(=O)NCCn1cc(C(=O)O)nn1. The van der Waals surface area contributed by atoms with Crippen molar-refractivity contribution in [2.24, 2.45) is 0 Å². The van der Waals surface area contributed by atoms with Crippen LogP contribution in [-0.2, 0) is 6.54 Å². The van der Waals surface area contributed by atoms with E-state index in [-0.39, 0.29) is 17.8 Å². The van der Waals surface area contributed by atoms with Gasteiger partial charge in [-0.15, -0.1) is 5.10 Å². The maximum absolute atomic E-state index is 11.6. The molecule has 0 aliphatic rings. The highest BCUT2D eigenvalue weighted by atomic mass is 16.4. The Kier molecular flexibility index (Phi) is 7.20. The van der Waals surface area contributed by atoms with E-state index in [1.54, 1.807) is 0 Å². The fraction of sp³-hybridized carbons (Fsp3) is 0.692. The standard InChI is InChI=1S/C13H23N5O3/c1-3-4-5-6-10(2)15-13(21)14-7-8-18-9-11(12(19)20)16-17-18/h9-10H,3-8H2,1-2H3,(H,19,20)(H2,14,15,21). The third-order valence-corrected chi connectivity index (χ3v) is 3.00. The number of hydrogen-bond acceptors (Lipinski definition) is 4. The van der Waals surface area contributed by atoms with Crippen LogP contribution in [0.25, 0.3) is 0 Å². The van der Waals surface area contributed by atoms with E-state index in [0.717, 1.165) is 19.3 Å². The molecule has 1 unspecified atom stereocenters. The number of hydrogen-bond donors (Lipinski definition) is 3. The molecule has 118 valence electrons. The summed E-state index contributed by atoms with van der Waals surface area (Å²) in [4.78, 5) is 22.3. The maximum atomic E-state index is 11.6. The number of carbonyl (C=O) groups is 2. The second kappa shape index (κ2) is 8.93. The summed E-state index contributed by atoms with van der Waals surface area (Å²) in [6, 6.07) is -0.0842. The zero-order valence-corrected chi connectivity index (χ0v) is 12.5. The first-order chi connectivity index (χ1) is 10.0. The van der Waals surface area contributed by atoms with Crippen LogP contribution in [0.4, 0.5) is 4.79 Å². The van der Waals surface area contributed by atoms with Crippen molar-refractivity contribution in [2.45, 2.75) is 52.1 Å². The summed E-state index contributed by atoms with van der Waals surface area (Å²) in [5.41, 5.74) is -0.107. The molecular formula is C13H23N5O3. The topological polar surface area (TPSA) is 109 Å². The molecule has 21 heavy (non-hydrogen) atoms. The number of aromatic nitrogens is 3. The Balaban J connectivity index is 2.19. The second-order valence-corrected chi connectivity index (χ2v) is 4.97. The number of carboxylic acid groups (broad SMARTS) is 1. The molecule has 3 N–H and O–H groups in total. The van der Waals surface area contributed by atoms with Crippen LogP contribution in [0.2, 0.25) is 0 Å². The third kappa shape index (κ3) is 6.73. The van der Waals surface area contributed by atoms with Crippen molar-refractivity contribution >= 4 is 12.0 Å². The van der Waals surface area contributed by atoms with E-state index in [4.69, 9.17) is 5.11 Å². The summed E-state index contributed by atoms with van der Waals surface area (Å²) in [5.74, 6) is -1.12. The van der Waals surface area contributed by atoms with Gasteiger partial charge < -0.3 is 15.7 Å². The Hall–Kier alpha value is -2.12. The van der Waals surface area contributed by atoms with Gasteiger partial charge in [-0.2, -0.15) is 0 Å². The van der Waals surface area contributed by atoms with Crippen LogP contribution in [-0.4, -0.2) is 44.7 Å². The molecule has 1 aromatic rings. The molecule has 8 nitrogen and oxygen atoms in total. The molecule has 8 heteroatoms. The smallest absolute Gasteiger partial charge is 0.358 e. The molecule has 0 saturated carbocycles. The zero-order valence-electron chi connectivity index (χ0n) is 12.5. The van der Waals surface area contributed by atoms with E-state index in [2.05, 4.69) is 27.9 Å². The van der Waals surface area contributed by atoms with Gasteiger partial charge in [0.05, 0.1) is 12.7 Å². The third-order valence-electron chi connectivity index (χ3n) is 3.00. The molecule has 0 aliphatic carbocycles. The average molecular weight is 297 g/mol. The summed E-state index contributed by atoms with van der Waals surface area (Å²) in [6.45, 7) is 4.85. The van der Waals surface area contributed by atoms with Crippen molar-refractivity contribution in [1.82, 2.24) is 25.6 Å². The van der Waals surface area contributed by atoms with Crippen LogP contribution in [0, 0.1) is 0 Å². The Bertz CT molecular complexity index is 460. The summed E-state index contributed by atoms with van der Waals surface area (Å²) >= 11 is 0. The summed E-state index contributed by atoms with van der Waals surface area (Å²) in [7, 11) is 0. The Labute approximate surface area is 123 Å². The highest BCUT2D eigenvalue weighted by molar-refractivity contribution is 5.84. The van der Waals surface area contributed by atoms with Crippen molar-refractivity contribution in [3.63, 3.8) is 0 Å². The van der Waals surface area contributed by atoms with Gasteiger partial charge in [-0.3, -0.25) is 0 Å². The fourth-order valence-electron chi connectivity index (χ4n) is 1.84. The van der Waals surface area contributed by atoms with Crippen LogP contribution in [0.5, 0.6) is 0 Å². The lowest BCUT2D eigenvalue weighted by molar-refractivity contribution is 0.0690. The average Bonchev–Trinajstić information content (AvgIpc) is 2.88.